The first kappa shape index (κ1) is 16.2. The lowest BCUT2D eigenvalue weighted by atomic mass is 10.2. The molecule has 1 aromatic heterocycles. The standard InChI is InChI=1S/C17H11NO7/c1-23-17(20)10-2-5-12(6-3-10)24-15-9-16(19)25-14-8-11(18(21)22)4-7-13(14)15/h2-9H,1H3. The van der Waals surface area contributed by atoms with Crippen molar-refractivity contribution in [2.45, 2.75) is 0 Å². The Morgan fingerprint density at radius 3 is 2.48 bits per heavy atom. The Bertz CT molecular complexity index is 1020. The summed E-state index contributed by atoms with van der Waals surface area (Å²) in [5, 5.41) is 11.2. The highest BCUT2D eigenvalue weighted by atomic mass is 16.6. The van der Waals surface area contributed by atoms with Gasteiger partial charge in [0, 0.05) is 6.07 Å². The van der Waals surface area contributed by atoms with Crippen LogP contribution in [0.25, 0.3) is 11.0 Å². The van der Waals surface area contributed by atoms with E-state index in [0.717, 1.165) is 12.1 Å². The molecule has 3 aromatic rings. The Morgan fingerprint density at radius 2 is 1.84 bits per heavy atom. The van der Waals surface area contributed by atoms with Crippen LogP contribution in [0.15, 0.2) is 57.7 Å². The molecule has 2 aromatic carbocycles. The van der Waals surface area contributed by atoms with Gasteiger partial charge in [0.05, 0.1) is 35.1 Å². The van der Waals surface area contributed by atoms with Gasteiger partial charge in [-0.2, -0.15) is 0 Å². The number of rotatable bonds is 4. The van der Waals surface area contributed by atoms with Gasteiger partial charge in [0.1, 0.15) is 17.1 Å². The lowest BCUT2D eigenvalue weighted by molar-refractivity contribution is -0.384. The molecule has 8 nitrogen and oxygen atoms in total. The zero-order valence-electron chi connectivity index (χ0n) is 12.9. The molecule has 3 rings (SSSR count). The number of benzene rings is 2. The van der Waals surface area contributed by atoms with Crippen LogP contribution in [0, 0.1) is 10.1 Å². The first-order valence-corrected chi connectivity index (χ1v) is 7.06. The zero-order chi connectivity index (χ0) is 18.0. The summed E-state index contributed by atoms with van der Waals surface area (Å²) >= 11 is 0. The Labute approximate surface area is 140 Å². The molecule has 8 heteroatoms. The minimum Gasteiger partial charge on any atom is -0.465 e. The molecule has 0 radical (unpaired) electrons. The monoisotopic (exact) mass is 341 g/mol. The molecule has 0 atom stereocenters. The van der Waals surface area contributed by atoms with Crippen molar-refractivity contribution in [3.63, 3.8) is 0 Å². The Morgan fingerprint density at radius 1 is 1.12 bits per heavy atom. The molecule has 0 bridgehead atoms. The van der Waals surface area contributed by atoms with Crippen molar-refractivity contribution in [3.05, 3.63) is 74.6 Å². The second kappa shape index (κ2) is 6.44. The molecule has 0 saturated heterocycles. The van der Waals surface area contributed by atoms with E-state index in [1.807, 2.05) is 0 Å². The first-order valence-electron chi connectivity index (χ1n) is 7.06. The van der Waals surface area contributed by atoms with Crippen LogP contribution >= 0.6 is 0 Å². The normalized spacial score (nSPS) is 10.4. The number of non-ortho nitro benzene ring substituents is 1. The highest BCUT2D eigenvalue weighted by Crippen LogP contribution is 2.30. The molecule has 25 heavy (non-hydrogen) atoms. The van der Waals surface area contributed by atoms with Crippen LogP contribution in [-0.4, -0.2) is 18.0 Å². The molecule has 0 saturated carbocycles. The van der Waals surface area contributed by atoms with E-state index in [1.165, 1.54) is 43.5 Å². The summed E-state index contributed by atoms with van der Waals surface area (Å²) in [7, 11) is 1.28. The first-order chi connectivity index (χ1) is 12.0. The van der Waals surface area contributed by atoms with E-state index in [-0.39, 0.29) is 17.0 Å². The molecular weight excluding hydrogens is 330 g/mol. The van der Waals surface area contributed by atoms with Gasteiger partial charge < -0.3 is 13.9 Å². The maximum absolute atomic E-state index is 11.7. The van der Waals surface area contributed by atoms with Gasteiger partial charge in [-0.15, -0.1) is 0 Å². The summed E-state index contributed by atoms with van der Waals surface area (Å²) in [5.41, 5.74) is -0.504. The van der Waals surface area contributed by atoms with E-state index in [1.54, 1.807) is 0 Å². The SMILES string of the molecule is COC(=O)c1ccc(Oc2cc(=O)oc3cc([N+](=O)[O-])ccc23)cc1. The number of methoxy groups -OCH3 is 1. The number of nitrogens with zero attached hydrogens (tertiary/aromatic N) is 1. The molecule has 0 aliphatic heterocycles. The smallest absolute Gasteiger partial charge is 0.339 e. The quantitative estimate of drug-likeness (QED) is 0.310. The van der Waals surface area contributed by atoms with Gasteiger partial charge in [0.2, 0.25) is 0 Å². The van der Waals surface area contributed by atoms with Crippen LogP contribution in [0.4, 0.5) is 5.69 Å². The van der Waals surface area contributed by atoms with Gasteiger partial charge in [0.25, 0.3) is 5.69 Å². The molecule has 0 aliphatic carbocycles. The fourth-order valence-electron chi connectivity index (χ4n) is 2.22. The highest BCUT2D eigenvalue weighted by Gasteiger charge is 2.13. The molecule has 0 N–H and O–H groups in total. The van der Waals surface area contributed by atoms with Crippen LogP contribution < -0.4 is 10.4 Å². The summed E-state index contributed by atoms with van der Waals surface area (Å²) in [5.74, 6) is 0.0783. The van der Waals surface area contributed by atoms with Gasteiger partial charge in [0.15, 0.2) is 0 Å². The second-order valence-electron chi connectivity index (χ2n) is 4.99. The Hall–Kier alpha value is -3.68. The number of carbonyl (C=O) groups is 1. The van der Waals surface area contributed by atoms with E-state index >= 15 is 0 Å². The third-order valence-electron chi connectivity index (χ3n) is 3.40. The third kappa shape index (κ3) is 3.32. The van der Waals surface area contributed by atoms with Crippen molar-refractivity contribution in [2.75, 3.05) is 7.11 Å². The molecule has 1 heterocycles. The molecular formula is C17H11NO7. The fourth-order valence-corrected chi connectivity index (χ4v) is 2.22. The van der Waals surface area contributed by atoms with Gasteiger partial charge >= 0.3 is 11.6 Å². The fraction of sp³-hybridized carbons (Fsp3) is 0.0588. The molecule has 126 valence electrons. The summed E-state index contributed by atoms with van der Waals surface area (Å²) in [6.45, 7) is 0. The van der Waals surface area contributed by atoms with Crippen LogP contribution in [0.5, 0.6) is 11.5 Å². The van der Waals surface area contributed by atoms with Crippen LogP contribution in [0.1, 0.15) is 10.4 Å². The predicted octanol–water partition coefficient (Wildman–Crippen LogP) is 3.28. The number of hydrogen-bond donors (Lipinski definition) is 0. The van der Waals surface area contributed by atoms with Gasteiger partial charge in [-0.3, -0.25) is 10.1 Å². The number of nitro groups is 1. The summed E-state index contributed by atoms with van der Waals surface area (Å²) in [4.78, 5) is 33.3. The van der Waals surface area contributed by atoms with E-state index in [4.69, 9.17) is 9.15 Å². The van der Waals surface area contributed by atoms with Crippen molar-refractivity contribution < 1.29 is 23.6 Å². The van der Waals surface area contributed by atoms with Gasteiger partial charge in [-0.25, -0.2) is 9.59 Å². The Kier molecular flexibility index (Phi) is 4.17. The predicted molar refractivity (Wildman–Crippen MR) is 87.0 cm³/mol. The van der Waals surface area contributed by atoms with E-state index < -0.39 is 16.5 Å². The Balaban J connectivity index is 1.99. The maximum atomic E-state index is 11.7. The average molecular weight is 341 g/mol. The zero-order valence-corrected chi connectivity index (χ0v) is 12.9. The maximum Gasteiger partial charge on any atom is 0.339 e. The topological polar surface area (TPSA) is 109 Å². The number of fused-ring (bicyclic) bond motifs is 1. The van der Waals surface area contributed by atoms with Crippen molar-refractivity contribution in [1.82, 2.24) is 0 Å². The van der Waals surface area contributed by atoms with E-state index in [9.17, 15) is 19.7 Å². The van der Waals surface area contributed by atoms with Crippen LogP contribution in [0.2, 0.25) is 0 Å². The van der Waals surface area contributed by atoms with Crippen molar-refractivity contribution in [3.8, 4) is 11.5 Å². The average Bonchev–Trinajstić information content (AvgIpc) is 2.61. The molecule has 0 amide bonds. The molecule has 0 spiro atoms. The number of ether oxygens (including phenoxy) is 2. The van der Waals surface area contributed by atoms with E-state index in [2.05, 4.69) is 4.74 Å². The van der Waals surface area contributed by atoms with Crippen molar-refractivity contribution in [1.29, 1.82) is 0 Å². The molecule has 0 unspecified atom stereocenters. The number of esters is 1. The number of carbonyl (C=O) groups excluding carboxylic acids is 1. The highest BCUT2D eigenvalue weighted by molar-refractivity contribution is 5.89. The minimum absolute atomic E-state index is 0.0443. The third-order valence-corrected chi connectivity index (χ3v) is 3.40. The lowest BCUT2D eigenvalue weighted by Gasteiger charge is -2.08. The number of nitro benzene ring substituents is 1. The van der Waals surface area contributed by atoms with Gasteiger partial charge in [-0.1, -0.05) is 0 Å². The largest absolute Gasteiger partial charge is 0.465 e. The second-order valence-corrected chi connectivity index (χ2v) is 4.99. The van der Waals surface area contributed by atoms with Gasteiger partial charge in [-0.05, 0) is 30.3 Å². The molecule has 0 aliphatic rings. The summed E-state index contributed by atoms with van der Waals surface area (Å²) in [6, 6.07) is 11.1. The lowest BCUT2D eigenvalue weighted by Crippen LogP contribution is -2.01. The molecule has 0 fully saturated rings. The summed E-state index contributed by atoms with van der Waals surface area (Å²) < 4.78 is 15.3. The van der Waals surface area contributed by atoms with Crippen LogP contribution in [-0.2, 0) is 4.74 Å². The van der Waals surface area contributed by atoms with Crippen molar-refractivity contribution in [2.24, 2.45) is 0 Å². The van der Waals surface area contributed by atoms with Crippen LogP contribution in [0.3, 0.4) is 0 Å². The van der Waals surface area contributed by atoms with Crippen molar-refractivity contribution >= 4 is 22.6 Å². The number of hydrogen-bond acceptors (Lipinski definition) is 7. The summed E-state index contributed by atoms with van der Waals surface area (Å²) in [6.07, 6.45) is 0. The van der Waals surface area contributed by atoms with E-state index in [0.29, 0.717) is 16.7 Å². The minimum atomic E-state index is -0.700.